The molecule has 2 aromatic carbocycles. The minimum atomic E-state index is -0.322. The van der Waals surface area contributed by atoms with Crippen molar-refractivity contribution in [2.24, 2.45) is 5.92 Å². The molecule has 1 aliphatic rings. The highest BCUT2D eigenvalue weighted by atomic mass is 16.3. The van der Waals surface area contributed by atoms with E-state index in [2.05, 4.69) is 44.1 Å². The molecule has 0 radical (unpaired) electrons. The summed E-state index contributed by atoms with van der Waals surface area (Å²) in [6.45, 7) is 0. The number of anilines is 3. The first-order valence-electron chi connectivity index (χ1n) is 12.1. The van der Waals surface area contributed by atoms with Crippen LogP contribution in [0, 0.1) is 5.92 Å². The number of rotatable bonds is 6. The summed E-state index contributed by atoms with van der Waals surface area (Å²) >= 11 is 0. The van der Waals surface area contributed by atoms with E-state index in [-0.39, 0.29) is 18.1 Å². The predicted molar refractivity (Wildman–Crippen MR) is 139 cm³/mol. The molecular weight excluding hydrogens is 436 g/mol. The van der Waals surface area contributed by atoms with E-state index in [1.165, 1.54) is 11.9 Å². The molecule has 35 heavy (non-hydrogen) atoms. The fourth-order valence-electron chi connectivity index (χ4n) is 5.31. The van der Waals surface area contributed by atoms with Crippen molar-refractivity contribution in [2.75, 3.05) is 11.1 Å². The van der Waals surface area contributed by atoms with E-state index in [1.807, 2.05) is 48.7 Å². The second-order valence-electron chi connectivity index (χ2n) is 9.43. The number of aliphatic hydroxyl groups is 1. The number of hydrogen-bond acceptors (Lipinski definition) is 6. The molecule has 0 spiro atoms. The Balaban J connectivity index is 1.15. The van der Waals surface area contributed by atoms with Gasteiger partial charge in [0.05, 0.1) is 17.0 Å². The van der Waals surface area contributed by atoms with Crippen LogP contribution in [0.5, 0.6) is 0 Å². The number of para-hydroxylation sites is 1. The molecular formula is C28H28N6O. The lowest BCUT2D eigenvalue weighted by atomic mass is 9.96. The molecule has 1 fully saturated rings. The van der Waals surface area contributed by atoms with Gasteiger partial charge in [0.15, 0.2) is 0 Å². The first-order chi connectivity index (χ1) is 17.1. The summed E-state index contributed by atoms with van der Waals surface area (Å²) in [7, 11) is 0. The van der Waals surface area contributed by atoms with E-state index >= 15 is 0 Å². The first kappa shape index (κ1) is 21.6. The van der Waals surface area contributed by atoms with E-state index in [1.54, 1.807) is 0 Å². The third-order valence-electron chi connectivity index (χ3n) is 7.17. The highest BCUT2D eigenvalue weighted by Gasteiger charge is 2.34. The molecule has 0 saturated heterocycles. The average Bonchev–Trinajstić information content (AvgIpc) is 3.47. The van der Waals surface area contributed by atoms with Crippen LogP contribution in [0.15, 0.2) is 79.3 Å². The van der Waals surface area contributed by atoms with Crippen molar-refractivity contribution in [2.45, 2.75) is 37.8 Å². The Morgan fingerprint density at radius 3 is 2.74 bits per heavy atom. The number of nitrogens with one attached hydrogen (secondary N) is 1. The number of nitrogens with two attached hydrogens (primary N) is 1. The van der Waals surface area contributed by atoms with Crippen molar-refractivity contribution < 1.29 is 5.11 Å². The molecule has 5 aromatic rings. The number of pyridine rings is 1. The Bertz CT molecular complexity index is 1480. The van der Waals surface area contributed by atoms with Crippen LogP contribution in [0.25, 0.3) is 21.9 Å². The second kappa shape index (κ2) is 9.00. The van der Waals surface area contributed by atoms with Gasteiger partial charge in [-0.1, -0.05) is 30.3 Å². The Labute approximate surface area is 203 Å². The smallest absolute Gasteiger partial charge is 0.145 e. The van der Waals surface area contributed by atoms with Gasteiger partial charge in [0.2, 0.25) is 0 Å². The standard InChI is InChI=1S/C28H28N6O/c29-27-23-12-13-34(28(23)31-17-30-27)22-15-20(25(35)16-22)9-7-18-6-8-19-10-11-26(33-24(19)14-18)32-21-4-2-1-3-5-21/h1-6,8,10-14,17,20,22,25,35H,7,9,15-16H2,(H,32,33)(H2,29,30,31)/t20-,22+,25-/m0/s1. The summed E-state index contributed by atoms with van der Waals surface area (Å²) in [6.07, 6.45) is 6.69. The van der Waals surface area contributed by atoms with Crippen molar-refractivity contribution in [3.8, 4) is 0 Å². The highest BCUT2D eigenvalue weighted by Crippen LogP contribution is 2.39. The summed E-state index contributed by atoms with van der Waals surface area (Å²) in [6, 6.07) is 22.8. The molecule has 3 atom stereocenters. The zero-order valence-corrected chi connectivity index (χ0v) is 19.4. The average molecular weight is 465 g/mol. The molecule has 0 bridgehead atoms. The van der Waals surface area contributed by atoms with Gasteiger partial charge in [-0.05, 0) is 73.6 Å². The van der Waals surface area contributed by atoms with Gasteiger partial charge in [0.25, 0.3) is 0 Å². The number of aryl methyl sites for hydroxylation is 1. The third kappa shape index (κ3) is 4.31. The Morgan fingerprint density at radius 2 is 1.86 bits per heavy atom. The van der Waals surface area contributed by atoms with Crippen LogP contribution in [-0.4, -0.2) is 30.7 Å². The Morgan fingerprint density at radius 1 is 1.00 bits per heavy atom. The quantitative estimate of drug-likeness (QED) is 0.317. The van der Waals surface area contributed by atoms with Gasteiger partial charge in [-0.3, -0.25) is 0 Å². The summed E-state index contributed by atoms with van der Waals surface area (Å²) in [5.41, 5.74) is 10.1. The van der Waals surface area contributed by atoms with Crippen molar-refractivity contribution in [3.05, 3.63) is 84.8 Å². The molecule has 1 saturated carbocycles. The predicted octanol–water partition coefficient (Wildman–Crippen LogP) is 5.25. The fourth-order valence-corrected chi connectivity index (χ4v) is 5.31. The minimum absolute atomic E-state index is 0.215. The van der Waals surface area contributed by atoms with Gasteiger partial charge in [-0.25, -0.2) is 15.0 Å². The number of benzene rings is 2. The van der Waals surface area contributed by atoms with Crippen molar-refractivity contribution in [3.63, 3.8) is 0 Å². The maximum absolute atomic E-state index is 10.8. The summed E-state index contributed by atoms with van der Waals surface area (Å²) in [4.78, 5) is 13.3. The third-order valence-corrected chi connectivity index (χ3v) is 7.17. The van der Waals surface area contributed by atoms with E-state index < -0.39 is 0 Å². The van der Waals surface area contributed by atoms with Gasteiger partial charge in [-0.2, -0.15) is 0 Å². The number of fused-ring (bicyclic) bond motifs is 2. The summed E-state index contributed by atoms with van der Waals surface area (Å²) in [5.74, 6) is 1.57. The van der Waals surface area contributed by atoms with Crippen molar-refractivity contribution >= 4 is 39.3 Å². The van der Waals surface area contributed by atoms with Crippen LogP contribution in [-0.2, 0) is 6.42 Å². The lowest BCUT2D eigenvalue weighted by Gasteiger charge is -2.15. The van der Waals surface area contributed by atoms with E-state index in [0.717, 1.165) is 59.1 Å². The first-order valence-corrected chi connectivity index (χ1v) is 12.1. The van der Waals surface area contributed by atoms with Gasteiger partial charge in [0.1, 0.15) is 23.6 Å². The maximum atomic E-state index is 10.8. The normalized spacial score (nSPS) is 20.0. The second-order valence-corrected chi connectivity index (χ2v) is 9.43. The van der Waals surface area contributed by atoms with Crippen molar-refractivity contribution in [1.82, 2.24) is 19.5 Å². The molecule has 0 aliphatic heterocycles. The molecule has 0 unspecified atom stereocenters. The molecule has 6 rings (SSSR count). The van der Waals surface area contributed by atoms with Gasteiger partial charge in [0, 0.05) is 23.3 Å². The van der Waals surface area contributed by atoms with E-state index in [4.69, 9.17) is 10.7 Å². The molecule has 1 aliphatic carbocycles. The number of aromatic nitrogens is 4. The van der Waals surface area contributed by atoms with Crippen molar-refractivity contribution in [1.29, 1.82) is 0 Å². The topological polar surface area (TPSA) is 102 Å². The van der Waals surface area contributed by atoms with Crippen LogP contribution < -0.4 is 11.1 Å². The molecule has 4 N–H and O–H groups in total. The zero-order chi connectivity index (χ0) is 23.8. The molecule has 7 heteroatoms. The number of nitrogens with zero attached hydrogens (tertiary/aromatic N) is 4. The molecule has 7 nitrogen and oxygen atoms in total. The zero-order valence-electron chi connectivity index (χ0n) is 19.4. The van der Waals surface area contributed by atoms with Crippen LogP contribution in [0.2, 0.25) is 0 Å². The molecule has 176 valence electrons. The maximum Gasteiger partial charge on any atom is 0.145 e. The largest absolute Gasteiger partial charge is 0.393 e. The Hall–Kier alpha value is -3.97. The Kier molecular flexibility index (Phi) is 5.54. The van der Waals surface area contributed by atoms with E-state index in [0.29, 0.717) is 5.82 Å². The van der Waals surface area contributed by atoms with Gasteiger partial charge >= 0.3 is 0 Å². The van der Waals surface area contributed by atoms with Crippen LogP contribution in [0.3, 0.4) is 0 Å². The molecule has 3 aromatic heterocycles. The summed E-state index contributed by atoms with van der Waals surface area (Å²) < 4.78 is 2.15. The van der Waals surface area contributed by atoms with E-state index in [9.17, 15) is 5.11 Å². The summed E-state index contributed by atoms with van der Waals surface area (Å²) in [5, 5.41) is 16.2. The van der Waals surface area contributed by atoms with Gasteiger partial charge < -0.3 is 20.7 Å². The minimum Gasteiger partial charge on any atom is -0.393 e. The fraction of sp³-hybridized carbons (Fsp3) is 0.250. The number of hydrogen-bond donors (Lipinski definition) is 3. The SMILES string of the molecule is Nc1ncnc2c1ccn2[C@@H]1C[C@H](CCc2ccc3ccc(Nc4ccccc4)nc3c2)[C@@H](O)C1. The van der Waals surface area contributed by atoms with Crippen LogP contribution in [0.1, 0.15) is 30.9 Å². The number of nitrogen functional groups attached to an aromatic ring is 1. The molecule has 0 amide bonds. The van der Waals surface area contributed by atoms with Crippen LogP contribution in [0.4, 0.5) is 17.3 Å². The molecule has 3 heterocycles. The van der Waals surface area contributed by atoms with Gasteiger partial charge in [-0.15, -0.1) is 0 Å². The lowest BCUT2D eigenvalue weighted by molar-refractivity contribution is 0.127. The number of aliphatic hydroxyl groups excluding tert-OH is 1. The monoisotopic (exact) mass is 464 g/mol. The highest BCUT2D eigenvalue weighted by molar-refractivity contribution is 5.86. The van der Waals surface area contributed by atoms with Crippen LogP contribution >= 0.6 is 0 Å². The lowest BCUT2D eigenvalue weighted by Crippen LogP contribution is -2.13.